The van der Waals surface area contributed by atoms with Crippen LogP contribution in [0.3, 0.4) is 0 Å². The Morgan fingerprint density at radius 1 is 1.24 bits per heavy atom. The summed E-state index contributed by atoms with van der Waals surface area (Å²) in [4.78, 5) is 11.0. The summed E-state index contributed by atoms with van der Waals surface area (Å²) in [5.74, 6) is 0. The van der Waals surface area contributed by atoms with Gasteiger partial charge in [0.15, 0.2) is 0 Å². The summed E-state index contributed by atoms with van der Waals surface area (Å²) < 4.78 is 0. The van der Waals surface area contributed by atoms with Gasteiger partial charge in [0.05, 0.1) is 11.0 Å². The topological polar surface area (TPSA) is 55.0 Å². The van der Waals surface area contributed by atoms with E-state index in [2.05, 4.69) is 27.9 Å². The maximum absolute atomic E-state index is 5.60. The molecule has 2 rings (SSSR count). The summed E-state index contributed by atoms with van der Waals surface area (Å²) >= 11 is 0. The van der Waals surface area contributed by atoms with Crippen molar-refractivity contribution < 1.29 is 0 Å². The van der Waals surface area contributed by atoms with Gasteiger partial charge in [-0.2, -0.15) is 0 Å². The molecule has 4 heteroatoms. The monoisotopic (exact) mass is 230 g/mol. The number of hydrogen-bond acceptors (Lipinski definition) is 4. The fraction of sp³-hybridized carbons (Fsp3) is 0.385. The highest BCUT2D eigenvalue weighted by atomic mass is 15.1. The molecular formula is C13H18N4. The second kappa shape index (κ2) is 5.70. The van der Waals surface area contributed by atoms with Crippen LogP contribution in [0.2, 0.25) is 0 Å². The predicted octanol–water partition coefficient (Wildman–Crippen LogP) is 1.41. The van der Waals surface area contributed by atoms with Crippen LogP contribution in [0, 0.1) is 0 Å². The van der Waals surface area contributed by atoms with E-state index in [0.717, 1.165) is 30.7 Å². The van der Waals surface area contributed by atoms with Crippen molar-refractivity contribution in [1.82, 2.24) is 14.9 Å². The second-order valence-corrected chi connectivity index (χ2v) is 4.00. The lowest BCUT2D eigenvalue weighted by Gasteiger charge is -2.19. The van der Waals surface area contributed by atoms with Crippen LogP contribution in [0.4, 0.5) is 0 Å². The van der Waals surface area contributed by atoms with E-state index in [1.807, 2.05) is 12.1 Å². The lowest BCUT2D eigenvalue weighted by Crippen LogP contribution is -2.28. The highest BCUT2D eigenvalue weighted by Gasteiger charge is 2.07. The smallest absolute Gasteiger partial charge is 0.0931 e. The van der Waals surface area contributed by atoms with Gasteiger partial charge in [-0.3, -0.25) is 14.9 Å². The molecule has 0 aliphatic carbocycles. The van der Waals surface area contributed by atoms with Crippen molar-refractivity contribution in [2.75, 3.05) is 19.6 Å². The first-order chi connectivity index (χ1) is 8.35. The summed E-state index contributed by atoms with van der Waals surface area (Å²) in [7, 11) is 0. The molecule has 4 nitrogen and oxygen atoms in total. The van der Waals surface area contributed by atoms with Crippen LogP contribution in [0.5, 0.6) is 0 Å². The maximum Gasteiger partial charge on any atom is 0.0931 e. The van der Waals surface area contributed by atoms with E-state index < -0.39 is 0 Å². The third kappa shape index (κ3) is 2.78. The van der Waals surface area contributed by atoms with Crippen molar-refractivity contribution in [2.45, 2.75) is 13.5 Å². The van der Waals surface area contributed by atoms with E-state index in [0.29, 0.717) is 6.54 Å². The molecule has 0 saturated heterocycles. The molecule has 2 aromatic rings. The summed E-state index contributed by atoms with van der Waals surface area (Å²) in [6.07, 6.45) is 3.47. The normalized spacial score (nSPS) is 11.2. The van der Waals surface area contributed by atoms with Gasteiger partial charge in [0, 0.05) is 32.0 Å². The van der Waals surface area contributed by atoms with Gasteiger partial charge in [0.25, 0.3) is 0 Å². The molecule has 1 heterocycles. The van der Waals surface area contributed by atoms with Crippen molar-refractivity contribution in [3.8, 4) is 0 Å². The number of benzene rings is 1. The van der Waals surface area contributed by atoms with Crippen molar-refractivity contribution >= 4 is 11.0 Å². The minimum absolute atomic E-state index is 0.685. The molecule has 0 saturated carbocycles. The summed E-state index contributed by atoms with van der Waals surface area (Å²) in [5, 5.41) is 0. The van der Waals surface area contributed by atoms with Gasteiger partial charge in [-0.1, -0.05) is 19.1 Å². The van der Waals surface area contributed by atoms with Gasteiger partial charge in [-0.15, -0.1) is 0 Å². The summed E-state index contributed by atoms with van der Waals surface area (Å²) in [5.41, 5.74) is 8.76. The molecule has 1 aromatic heterocycles. The molecule has 17 heavy (non-hydrogen) atoms. The molecule has 0 aliphatic heterocycles. The Bertz CT molecular complexity index is 478. The lowest BCUT2D eigenvalue weighted by molar-refractivity contribution is 0.289. The number of aromatic nitrogens is 2. The molecular weight excluding hydrogens is 212 g/mol. The lowest BCUT2D eigenvalue weighted by atomic mass is 10.1. The zero-order chi connectivity index (χ0) is 12.1. The number of nitrogens with two attached hydrogens (primary N) is 1. The zero-order valence-electron chi connectivity index (χ0n) is 10.1. The maximum atomic E-state index is 5.60. The average Bonchev–Trinajstić information content (AvgIpc) is 2.38. The van der Waals surface area contributed by atoms with E-state index in [9.17, 15) is 0 Å². The molecule has 0 amide bonds. The fourth-order valence-electron chi connectivity index (χ4n) is 1.95. The number of likely N-dealkylation sites (N-methyl/N-ethyl adjacent to an activating group) is 1. The Morgan fingerprint density at radius 2 is 2.06 bits per heavy atom. The molecule has 0 radical (unpaired) electrons. The van der Waals surface area contributed by atoms with Crippen molar-refractivity contribution in [1.29, 1.82) is 0 Å². The highest BCUT2D eigenvalue weighted by Crippen LogP contribution is 2.15. The van der Waals surface area contributed by atoms with Gasteiger partial charge in [0.2, 0.25) is 0 Å². The minimum atomic E-state index is 0.685. The average molecular weight is 230 g/mol. The van der Waals surface area contributed by atoms with Crippen LogP contribution in [0.1, 0.15) is 12.5 Å². The van der Waals surface area contributed by atoms with Crippen molar-refractivity contribution in [3.05, 3.63) is 36.2 Å². The van der Waals surface area contributed by atoms with Crippen molar-refractivity contribution in [3.63, 3.8) is 0 Å². The van der Waals surface area contributed by atoms with Crippen LogP contribution in [-0.2, 0) is 6.54 Å². The Hall–Kier alpha value is -1.52. The third-order valence-corrected chi connectivity index (χ3v) is 2.87. The predicted molar refractivity (Wildman–Crippen MR) is 69.5 cm³/mol. The van der Waals surface area contributed by atoms with Crippen LogP contribution >= 0.6 is 0 Å². The molecule has 0 aliphatic rings. The van der Waals surface area contributed by atoms with Crippen molar-refractivity contribution in [2.24, 2.45) is 5.73 Å². The SMILES string of the molecule is CCN(CCN)Cc1cccc2nccnc12. The van der Waals surface area contributed by atoms with Crippen LogP contribution < -0.4 is 5.73 Å². The molecule has 0 spiro atoms. The van der Waals surface area contributed by atoms with Crippen LogP contribution in [0.15, 0.2) is 30.6 Å². The molecule has 0 atom stereocenters. The van der Waals surface area contributed by atoms with Crippen LogP contribution in [0.25, 0.3) is 11.0 Å². The third-order valence-electron chi connectivity index (χ3n) is 2.87. The van der Waals surface area contributed by atoms with E-state index in [1.165, 1.54) is 5.56 Å². The molecule has 0 fully saturated rings. The first-order valence-corrected chi connectivity index (χ1v) is 5.96. The van der Waals surface area contributed by atoms with Crippen LogP contribution in [-0.4, -0.2) is 34.5 Å². The summed E-state index contributed by atoms with van der Waals surface area (Å²) in [6, 6.07) is 6.13. The standard InChI is InChI=1S/C13H18N4/c1-2-17(9-6-14)10-11-4-3-5-12-13(11)16-8-7-15-12/h3-5,7-8H,2,6,9-10,14H2,1H3. The van der Waals surface area contributed by atoms with Gasteiger partial charge < -0.3 is 5.73 Å². The summed E-state index contributed by atoms with van der Waals surface area (Å²) in [6.45, 7) is 5.61. The second-order valence-electron chi connectivity index (χ2n) is 4.00. The van der Waals surface area contributed by atoms with E-state index in [1.54, 1.807) is 12.4 Å². The largest absolute Gasteiger partial charge is 0.329 e. The number of para-hydroxylation sites is 1. The molecule has 1 aromatic carbocycles. The molecule has 0 bridgehead atoms. The Balaban J connectivity index is 2.28. The van der Waals surface area contributed by atoms with Gasteiger partial charge in [0.1, 0.15) is 0 Å². The quantitative estimate of drug-likeness (QED) is 0.843. The molecule has 2 N–H and O–H groups in total. The minimum Gasteiger partial charge on any atom is -0.329 e. The first-order valence-electron chi connectivity index (χ1n) is 5.96. The van der Waals surface area contributed by atoms with E-state index in [4.69, 9.17) is 5.73 Å². The molecule has 0 unspecified atom stereocenters. The Kier molecular flexibility index (Phi) is 4.01. The number of fused-ring (bicyclic) bond motifs is 1. The molecule has 90 valence electrons. The van der Waals surface area contributed by atoms with E-state index in [-0.39, 0.29) is 0 Å². The van der Waals surface area contributed by atoms with Gasteiger partial charge in [-0.25, -0.2) is 0 Å². The fourth-order valence-corrected chi connectivity index (χ4v) is 1.95. The van der Waals surface area contributed by atoms with Gasteiger partial charge in [-0.05, 0) is 18.2 Å². The number of hydrogen-bond donors (Lipinski definition) is 1. The van der Waals surface area contributed by atoms with Gasteiger partial charge >= 0.3 is 0 Å². The first kappa shape index (κ1) is 12.0. The number of nitrogens with zero attached hydrogens (tertiary/aromatic N) is 3. The Morgan fingerprint density at radius 3 is 2.82 bits per heavy atom. The van der Waals surface area contributed by atoms with E-state index >= 15 is 0 Å². The zero-order valence-corrected chi connectivity index (χ0v) is 10.1. The highest BCUT2D eigenvalue weighted by molar-refractivity contribution is 5.77. The number of rotatable bonds is 5. The Labute approximate surface area is 101 Å².